The van der Waals surface area contributed by atoms with E-state index in [9.17, 15) is 0 Å². The summed E-state index contributed by atoms with van der Waals surface area (Å²) in [5, 5.41) is 4.26. The Bertz CT molecular complexity index is 450. The minimum atomic E-state index is 0.293. The van der Waals surface area contributed by atoms with Gasteiger partial charge in [0.25, 0.3) is 0 Å². The van der Waals surface area contributed by atoms with Crippen LogP contribution in [0.2, 0.25) is 10.0 Å². The lowest BCUT2D eigenvalue weighted by Gasteiger charge is -2.27. The number of hydrazine groups is 1. The SMILES string of the molecule is CSC1(CNc2nc(NN)c(Cl)cc2Cl)CCCC1. The molecule has 19 heavy (non-hydrogen) atoms. The molecular formula is C12H18Cl2N4S. The Kier molecular flexibility index (Phi) is 5.06. The second-order valence-corrected chi connectivity index (χ2v) is 6.83. The molecule has 1 heterocycles. The number of hydrogen-bond donors (Lipinski definition) is 3. The molecule has 1 aromatic heterocycles. The number of nitrogen functional groups attached to an aromatic ring is 1. The molecule has 0 unspecified atom stereocenters. The number of halogens is 2. The van der Waals surface area contributed by atoms with Crippen LogP contribution in [0.1, 0.15) is 25.7 Å². The highest BCUT2D eigenvalue weighted by Crippen LogP contribution is 2.40. The van der Waals surface area contributed by atoms with Crippen LogP contribution in [-0.2, 0) is 0 Å². The quantitative estimate of drug-likeness (QED) is 0.569. The first-order valence-corrected chi connectivity index (χ1v) is 8.20. The summed E-state index contributed by atoms with van der Waals surface area (Å²) in [6, 6.07) is 1.65. The van der Waals surface area contributed by atoms with Gasteiger partial charge in [0.1, 0.15) is 5.82 Å². The van der Waals surface area contributed by atoms with Gasteiger partial charge in [-0.3, -0.25) is 0 Å². The number of anilines is 2. The molecule has 0 saturated heterocycles. The number of thioether (sulfide) groups is 1. The van der Waals surface area contributed by atoms with E-state index in [0.29, 0.717) is 26.4 Å². The first-order valence-electron chi connectivity index (χ1n) is 6.22. The lowest BCUT2D eigenvalue weighted by molar-refractivity contribution is 0.639. The van der Waals surface area contributed by atoms with Gasteiger partial charge in [-0.05, 0) is 25.2 Å². The van der Waals surface area contributed by atoms with E-state index in [-0.39, 0.29) is 0 Å². The standard InChI is InChI=1S/C12H18Cl2N4S/c1-19-12(4-2-3-5-12)7-16-10-8(13)6-9(14)11(17-10)18-15/h6H,2-5,7,15H2,1H3,(H2,16,17,18). The van der Waals surface area contributed by atoms with Crippen LogP contribution in [0.25, 0.3) is 0 Å². The van der Waals surface area contributed by atoms with Gasteiger partial charge in [-0.2, -0.15) is 11.8 Å². The molecule has 0 aromatic carbocycles. The molecule has 7 heteroatoms. The maximum Gasteiger partial charge on any atom is 0.161 e. The second-order valence-electron chi connectivity index (χ2n) is 4.74. The molecule has 4 N–H and O–H groups in total. The van der Waals surface area contributed by atoms with Crippen molar-refractivity contribution in [3.8, 4) is 0 Å². The van der Waals surface area contributed by atoms with Crippen molar-refractivity contribution in [1.82, 2.24) is 4.98 Å². The first kappa shape index (κ1) is 15.0. The van der Waals surface area contributed by atoms with E-state index >= 15 is 0 Å². The molecule has 1 aliphatic carbocycles. The zero-order valence-corrected chi connectivity index (χ0v) is 13.1. The summed E-state index contributed by atoms with van der Waals surface area (Å²) in [5.74, 6) is 6.42. The number of hydrogen-bond acceptors (Lipinski definition) is 5. The summed E-state index contributed by atoms with van der Waals surface area (Å²) in [7, 11) is 0. The van der Waals surface area contributed by atoms with Crippen LogP contribution in [0.15, 0.2) is 6.07 Å². The van der Waals surface area contributed by atoms with Crippen molar-refractivity contribution in [2.45, 2.75) is 30.4 Å². The Morgan fingerprint density at radius 1 is 1.32 bits per heavy atom. The van der Waals surface area contributed by atoms with Crippen LogP contribution >= 0.6 is 35.0 Å². The van der Waals surface area contributed by atoms with E-state index in [4.69, 9.17) is 29.0 Å². The largest absolute Gasteiger partial charge is 0.367 e. The zero-order chi connectivity index (χ0) is 13.9. The highest BCUT2D eigenvalue weighted by atomic mass is 35.5. The molecule has 106 valence electrons. The summed E-state index contributed by atoms with van der Waals surface area (Å²) in [6.45, 7) is 0.854. The van der Waals surface area contributed by atoms with E-state index in [1.165, 1.54) is 25.7 Å². The minimum absolute atomic E-state index is 0.293. The number of aromatic nitrogens is 1. The van der Waals surface area contributed by atoms with Crippen LogP contribution in [-0.4, -0.2) is 22.5 Å². The van der Waals surface area contributed by atoms with Gasteiger partial charge in [-0.25, -0.2) is 10.8 Å². The Morgan fingerprint density at radius 2 is 1.95 bits per heavy atom. The summed E-state index contributed by atoms with van der Waals surface area (Å²) >= 11 is 14.0. The molecule has 0 atom stereocenters. The van der Waals surface area contributed by atoms with Gasteiger partial charge in [0.2, 0.25) is 0 Å². The molecule has 0 radical (unpaired) electrons. The predicted octanol–water partition coefficient (Wildman–Crippen LogP) is 3.76. The smallest absolute Gasteiger partial charge is 0.161 e. The van der Waals surface area contributed by atoms with Crippen molar-refractivity contribution in [1.29, 1.82) is 0 Å². The Morgan fingerprint density at radius 3 is 2.53 bits per heavy atom. The van der Waals surface area contributed by atoms with Crippen LogP contribution in [0.3, 0.4) is 0 Å². The normalized spacial score (nSPS) is 17.5. The third-order valence-corrected chi connectivity index (χ3v) is 5.59. The second kappa shape index (κ2) is 6.39. The minimum Gasteiger partial charge on any atom is -0.367 e. The van der Waals surface area contributed by atoms with Crippen molar-refractivity contribution >= 4 is 46.6 Å². The first-order chi connectivity index (χ1) is 9.10. The number of pyridine rings is 1. The van der Waals surface area contributed by atoms with Crippen molar-refractivity contribution < 1.29 is 0 Å². The lowest BCUT2D eigenvalue weighted by atomic mass is 10.1. The van der Waals surface area contributed by atoms with E-state index in [2.05, 4.69) is 22.0 Å². The molecule has 1 aliphatic rings. The fraction of sp³-hybridized carbons (Fsp3) is 0.583. The third kappa shape index (κ3) is 3.40. The molecule has 4 nitrogen and oxygen atoms in total. The fourth-order valence-corrected chi connectivity index (χ4v) is 3.80. The number of nitrogens with zero attached hydrogens (tertiary/aromatic N) is 1. The molecule has 0 aliphatic heterocycles. The van der Waals surface area contributed by atoms with Crippen LogP contribution < -0.4 is 16.6 Å². The number of rotatable bonds is 5. The van der Waals surface area contributed by atoms with Gasteiger partial charge in [0, 0.05) is 11.3 Å². The molecule has 2 rings (SSSR count). The van der Waals surface area contributed by atoms with Crippen molar-refractivity contribution in [3.63, 3.8) is 0 Å². The molecule has 0 spiro atoms. The topological polar surface area (TPSA) is 63.0 Å². The molecule has 0 amide bonds. The van der Waals surface area contributed by atoms with E-state index < -0.39 is 0 Å². The maximum absolute atomic E-state index is 6.15. The highest BCUT2D eigenvalue weighted by Gasteiger charge is 2.32. The van der Waals surface area contributed by atoms with E-state index in [1.807, 2.05) is 11.8 Å². The zero-order valence-electron chi connectivity index (χ0n) is 10.8. The van der Waals surface area contributed by atoms with Crippen molar-refractivity contribution in [2.24, 2.45) is 5.84 Å². The Balaban J connectivity index is 2.10. The van der Waals surface area contributed by atoms with E-state index in [1.54, 1.807) is 6.07 Å². The Labute approximate surface area is 127 Å². The lowest BCUT2D eigenvalue weighted by Crippen LogP contribution is -2.30. The Hall–Kier alpha value is -0.360. The van der Waals surface area contributed by atoms with Gasteiger partial charge >= 0.3 is 0 Å². The summed E-state index contributed by atoms with van der Waals surface area (Å²) in [4.78, 5) is 4.30. The van der Waals surface area contributed by atoms with Gasteiger partial charge in [0.05, 0.1) is 10.0 Å². The maximum atomic E-state index is 6.15. The van der Waals surface area contributed by atoms with Crippen molar-refractivity contribution in [2.75, 3.05) is 23.5 Å². The monoisotopic (exact) mass is 320 g/mol. The van der Waals surface area contributed by atoms with Gasteiger partial charge in [0.15, 0.2) is 5.82 Å². The van der Waals surface area contributed by atoms with Gasteiger partial charge < -0.3 is 10.7 Å². The summed E-state index contributed by atoms with van der Waals surface area (Å²) in [6.07, 6.45) is 7.21. The average Bonchev–Trinajstić information content (AvgIpc) is 2.87. The van der Waals surface area contributed by atoms with Crippen molar-refractivity contribution in [3.05, 3.63) is 16.1 Å². The van der Waals surface area contributed by atoms with Gasteiger partial charge in [-0.15, -0.1) is 0 Å². The fourth-order valence-electron chi connectivity index (χ4n) is 2.41. The van der Waals surface area contributed by atoms with Crippen LogP contribution in [0, 0.1) is 0 Å². The average molecular weight is 321 g/mol. The predicted molar refractivity (Wildman–Crippen MR) is 85.3 cm³/mol. The molecule has 1 saturated carbocycles. The molecule has 1 aromatic rings. The summed E-state index contributed by atoms with van der Waals surface area (Å²) < 4.78 is 0.293. The molecule has 1 fully saturated rings. The summed E-state index contributed by atoms with van der Waals surface area (Å²) in [5.41, 5.74) is 2.47. The highest BCUT2D eigenvalue weighted by molar-refractivity contribution is 8.00. The number of nitrogens with two attached hydrogens (primary N) is 1. The number of nitrogens with one attached hydrogen (secondary N) is 2. The van der Waals surface area contributed by atoms with Crippen LogP contribution in [0.4, 0.5) is 11.6 Å². The molecular weight excluding hydrogens is 303 g/mol. The third-order valence-electron chi connectivity index (χ3n) is 3.59. The van der Waals surface area contributed by atoms with Crippen LogP contribution in [0.5, 0.6) is 0 Å². The van der Waals surface area contributed by atoms with E-state index in [0.717, 1.165) is 6.54 Å². The van der Waals surface area contributed by atoms with Gasteiger partial charge in [-0.1, -0.05) is 36.0 Å². The molecule has 0 bridgehead atoms.